The van der Waals surface area contributed by atoms with Crippen LogP contribution in [0.5, 0.6) is 0 Å². The standard InChI is InChI=1S/C20H34N6O.HI/c1-4-22-20(24-11-7-15(2)3)25-14-17-6-5-10-23-19(17)26-12-8-16(9-13-26)18(21)27;/h5-6,10,15-16H,4,7-9,11-14H2,1-3H3,(H2,21,27)(H2,22,24,25);1H. The van der Waals surface area contributed by atoms with E-state index < -0.39 is 0 Å². The highest BCUT2D eigenvalue weighted by Gasteiger charge is 2.24. The first kappa shape index (κ1) is 24.5. The third kappa shape index (κ3) is 7.81. The van der Waals surface area contributed by atoms with E-state index in [1.165, 1.54) is 0 Å². The topological polar surface area (TPSA) is 95.6 Å². The van der Waals surface area contributed by atoms with Crippen molar-refractivity contribution in [2.24, 2.45) is 22.6 Å². The van der Waals surface area contributed by atoms with Gasteiger partial charge < -0.3 is 21.3 Å². The van der Waals surface area contributed by atoms with Gasteiger partial charge in [0.25, 0.3) is 0 Å². The van der Waals surface area contributed by atoms with Crippen LogP contribution in [-0.4, -0.2) is 43.0 Å². The van der Waals surface area contributed by atoms with E-state index >= 15 is 0 Å². The van der Waals surface area contributed by atoms with Gasteiger partial charge in [0.05, 0.1) is 6.54 Å². The van der Waals surface area contributed by atoms with Crippen LogP contribution in [-0.2, 0) is 11.3 Å². The number of guanidine groups is 1. The summed E-state index contributed by atoms with van der Waals surface area (Å²) in [6.45, 7) is 10.4. The highest BCUT2D eigenvalue weighted by atomic mass is 127. The molecule has 0 spiro atoms. The summed E-state index contributed by atoms with van der Waals surface area (Å²) in [5.41, 5.74) is 6.54. The molecule has 1 amide bonds. The van der Waals surface area contributed by atoms with E-state index in [-0.39, 0.29) is 35.8 Å². The molecule has 1 fully saturated rings. The molecule has 0 bridgehead atoms. The number of nitrogens with one attached hydrogen (secondary N) is 2. The van der Waals surface area contributed by atoms with Gasteiger partial charge in [-0.15, -0.1) is 24.0 Å². The number of hydrogen-bond acceptors (Lipinski definition) is 4. The zero-order chi connectivity index (χ0) is 19.6. The molecule has 0 aromatic carbocycles. The van der Waals surface area contributed by atoms with Gasteiger partial charge in [-0.3, -0.25) is 4.79 Å². The van der Waals surface area contributed by atoms with E-state index in [1.54, 1.807) is 0 Å². The lowest BCUT2D eigenvalue weighted by atomic mass is 9.96. The number of anilines is 1. The zero-order valence-corrected chi connectivity index (χ0v) is 19.6. The minimum atomic E-state index is -0.191. The summed E-state index contributed by atoms with van der Waals surface area (Å²) in [5, 5.41) is 6.69. The van der Waals surface area contributed by atoms with Crippen molar-refractivity contribution in [2.45, 2.75) is 46.6 Å². The second-order valence-corrected chi connectivity index (χ2v) is 7.45. The second kappa shape index (κ2) is 12.8. The summed E-state index contributed by atoms with van der Waals surface area (Å²) in [4.78, 5) is 22.9. The van der Waals surface area contributed by atoms with Gasteiger partial charge in [0.1, 0.15) is 5.82 Å². The molecule has 1 aromatic rings. The van der Waals surface area contributed by atoms with Crippen LogP contribution in [0.3, 0.4) is 0 Å². The zero-order valence-electron chi connectivity index (χ0n) is 17.3. The van der Waals surface area contributed by atoms with Gasteiger partial charge in [-0.2, -0.15) is 0 Å². The maximum absolute atomic E-state index is 11.4. The van der Waals surface area contributed by atoms with E-state index in [0.717, 1.165) is 62.8 Å². The van der Waals surface area contributed by atoms with Crippen molar-refractivity contribution in [3.63, 3.8) is 0 Å². The van der Waals surface area contributed by atoms with Crippen LogP contribution >= 0.6 is 24.0 Å². The molecule has 158 valence electrons. The number of aromatic nitrogens is 1. The van der Waals surface area contributed by atoms with Gasteiger partial charge >= 0.3 is 0 Å². The molecule has 2 rings (SSSR count). The summed E-state index contributed by atoms with van der Waals surface area (Å²) in [5.74, 6) is 2.25. The van der Waals surface area contributed by atoms with E-state index in [0.29, 0.717) is 12.5 Å². The average molecular weight is 502 g/mol. The van der Waals surface area contributed by atoms with E-state index in [2.05, 4.69) is 47.4 Å². The summed E-state index contributed by atoms with van der Waals surface area (Å²) >= 11 is 0. The summed E-state index contributed by atoms with van der Waals surface area (Å²) in [7, 11) is 0. The van der Waals surface area contributed by atoms with Gasteiger partial charge in [0.15, 0.2) is 5.96 Å². The fourth-order valence-electron chi connectivity index (χ4n) is 3.20. The smallest absolute Gasteiger partial charge is 0.220 e. The van der Waals surface area contributed by atoms with Crippen molar-refractivity contribution in [2.75, 3.05) is 31.1 Å². The molecule has 2 heterocycles. The first-order valence-electron chi connectivity index (χ1n) is 10.0. The number of nitrogens with two attached hydrogens (primary N) is 1. The van der Waals surface area contributed by atoms with Gasteiger partial charge in [-0.05, 0) is 38.2 Å². The highest BCUT2D eigenvalue weighted by molar-refractivity contribution is 14.0. The molecule has 0 aliphatic carbocycles. The highest BCUT2D eigenvalue weighted by Crippen LogP contribution is 2.24. The molecule has 0 atom stereocenters. The van der Waals surface area contributed by atoms with Crippen LogP contribution in [0.2, 0.25) is 0 Å². The van der Waals surface area contributed by atoms with Crippen molar-refractivity contribution >= 4 is 41.7 Å². The molecule has 1 saturated heterocycles. The van der Waals surface area contributed by atoms with Crippen LogP contribution in [0, 0.1) is 11.8 Å². The van der Waals surface area contributed by atoms with Gasteiger partial charge in [0.2, 0.25) is 5.91 Å². The average Bonchev–Trinajstić information content (AvgIpc) is 2.66. The molecular formula is C20H35IN6O. The molecule has 1 aliphatic heterocycles. The predicted octanol–water partition coefficient (Wildman–Crippen LogP) is 2.50. The van der Waals surface area contributed by atoms with Crippen molar-refractivity contribution < 1.29 is 4.79 Å². The molecular weight excluding hydrogens is 467 g/mol. The Balaban J connectivity index is 0.00000392. The third-order valence-corrected chi connectivity index (χ3v) is 4.83. The molecule has 0 saturated carbocycles. The lowest BCUT2D eigenvalue weighted by Gasteiger charge is -2.32. The van der Waals surface area contributed by atoms with Crippen molar-refractivity contribution in [1.29, 1.82) is 0 Å². The summed E-state index contributed by atoms with van der Waals surface area (Å²) < 4.78 is 0. The van der Waals surface area contributed by atoms with Gasteiger partial charge in [-0.25, -0.2) is 9.98 Å². The monoisotopic (exact) mass is 502 g/mol. The van der Waals surface area contributed by atoms with Crippen LogP contribution in [0.15, 0.2) is 23.3 Å². The predicted molar refractivity (Wildman–Crippen MR) is 126 cm³/mol. The Labute approximate surface area is 186 Å². The minimum absolute atomic E-state index is 0. The molecule has 28 heavy (non-hydrogen) atoms. The Morgan fingerprint density at radius 3 is 2.68 bits per heavy atom. The number of halogens is 1. The lowest BCUT2D eigenvalue weighted by Crippen LogP contribution is -2.39. The number of nitrogens with zero attached hydrogens (tertiary/aromatic N) is 3. The Kier molecular flexibility index (Phi) is 11.2. The van der Waals surface area contributed by atoms with Crippen molar-refractivity contribution in [3.05, 3.63) is 23.9 Å². The maximum Gasteiger partial charge on any atom is 0.220 e. The summed E-state index contributed by atoms with van der Waals surface area (Å²) in [6, 6.07) is 4.02. The molecule has 1 aliphatic rings. The Bertz CT molecular complexity index is 629. The minimum Gasteiger partial charge on any atom is -0.369 e. The number of aliphatic imine (C=N–C) groups is 1. The molecule has 4 N–H and O–H groups in total. The molecule has 0 radical (unpaired) electrons. The molecule has 1 aromatic heterocycles. The quantitative estimate of drug-likeness (QED) is 0.289. The number of carbonyl (C=O) groups excluding carboxylic acids is 1. The fourth-order valence-corrected chi connectivity index (χ4v) is 3.20. The first-order chi connectivity index (χ1) is 13.0. The number of pyridine rings is 1. The number of rotatable bonds is 8. The normalized spacial score (nSPS) is 15.3. The van der Waals surface area contributed by atoms with Gasteiger partial charge in [-0.1, -0.05) is 19.9 Å². The van der Waals surface area contributed by atoms with E-state index in [9.17, 15) is 4.79 Å². The molecule has 0 unspecified atom stereocenters. The largest absolute Gasteiger partial charge is 0.369 e. The van der Waals surface area contributed by atoms with Crippen LogP contribution < -0.4 is 21.3 Å². The Morgan fingerprint density at radius 2 is 2.07 bits per heavy atom. The number of piperidine rings is 1. The van der Waals surface area contributed by atoms with Gasteiger partial charge in [0, 0.05) is 43.9 Å². The molecule has 7 nitrogen and oxygen atoms in total. The Hall–Kier alpha value is -1.58. The number of primary amides is 1. The number of amides is 1. The Morgan fingerprint density at radius 1 is 1.36 bits per heavy atom. The lowest BCUT2D eigenvalue weighted by molar-refractivity contribution is -0.122. The second-order valence-electron chi connectivity index (χ2n) is 7.45. The third-order valence-electron chi connectivity index (χ3n) is 4.83. The number of hydrogen-bond donors (Lipinski definition) is 3. The maximum atomic E-state index is 11.4. The van der Waals surface area contributed by atoms with Crippen molar-refractivity contribution in [1.82, 2.24) is 15.6 Å². The fraction of sp³-hybridized carbons (Fsp3) is 0.650. The van der Waals surface area contributed by atoms with E-state index in [1.807, 2.05) is 12.3 Å². The SMILES string of the molecule is CCNC(=NCc1cccnc1N1CCC(C(N)=O)CC1)NCCC(C)C.I. The summed E-state index contributed by atoms with van der Waals surface area (Å²) in [6.07, 6.45) is 4.49. The van der Waals surface area contributed by atoms with Crippen molar-refractivity contribution in [3.8, 4) is 0 Å². The number of carbonyl (C=O) groups is 1. The first-order valence-corrected chi connectivity index (χ1v) is 10.0. The van der Waals surface area contributed by atoms with Crippen LogP contribution in [0.25, 0.3) is 0 Å². The van der Waals surface area contributed by atoms with Crippen LogP contribution in [0.4, 0.5) is 5.82 Å². The molecule has 8 heteroatoms. The van der Waals surface area contributed by atoms with E-state index in [4.69, 9.17) is 10.7 Å². The van der Waals surface area contributed by atoms with Crippen LogP contribution in [0.1, 0.15) is 45.6 Å².